The van der Waals surface area contributed by atoms with Gasteiger partial charge >= 0.3 is 0 Å². The van der Waals surface area contributed by atoms with E-state index in [1.165, 1.54) is 6.39 Å². The van der Waals surface area contributed by atoms with Crippen LogP contribution in [0.1, 0.15) is 46.8 Å². The number of hydrogen-bond acceptors (Lipinski definition) is 6. The number of rotatable bonds is 2. The number of carbonyl (C=O) groups excluding carboxylic acids is 1. The van der Waals surface area contributed by atoms with Crippen molar-refractivity contribution in [1.29, 1.82) is 0 Å². The average Bonchev–Trinajstić information content (AvgIpc) is 3.32. The lowest BCUT2D eigenvalue weighted by atomic mass is 9.77. The number of carbonyl (C=O) groups is 1. The fraction of sp³-hybridized carbons (Fsp3) is 0.381. The molecule has 8 nitrogen and oxygen atoms in total. The molecule has 1 fully saturated rings. The van der Waals surface area contributed by atoms with Gasteiger partial charge in [-0.05, 0) is 44.7 Å². The second kappa shape index (κ2) is 6.65. The molecule has 0 radical (unpaired) electrons. The van der Waals surface area contributed by atoms with Gasteiger partial charge in [0.05, 0.1) is 5.69 Å². The number of likely N-dealkylation sites (tertiary alicyclic amines) is 1. The van der Waals surface area contributed by atoms with E-state index in [4.69, 9.17) is 9.40 Å². The lowest BCUT2D eigenvalue weighted by Gasteiger charge is -2.40. The van der Waals surface area contributed by atoms with E-state index >= 15 is 0 Å². The van der Waals surface area contributed by atoms with Gasteiger partial charge in [-0.3, -0.25) is 14.6 Å². The van der Waals surface area contributed by atoms with Gasteiger partial charge in [-0.1, -0.05) is 0 Å². The molecule has 148 valence electrons. The summed E-state index contributed by atoms with van der Waals surface area (Å²) in [5, 5.41) is 0. The molecule has 0 saturated carbocycles. The summed E-state index contributed by atoms with van der Waals surface area (Å²) in [7, 11) is 0. The molecule has 3 aromatic rings. The molecule has 1 aliphatic heterocycles. The highest BCUT2D eigenvalue weighted by Crippen LogP contribution is 2.43. The zero-order chi connectivity index (χ0) is 20.0. The number of fused-ring (bicyclic) bond motifs is 2. The van der Waals surface area contributed by atoms with Crippen molar-refractivity contribution in [3.63, 3.8) is 0 Å². The summed E-state index contributed by atoms with van der Waals surface area (Å²) in [6.45, 7) is 2.95. The van der Waals surface area contributed by atoms with Crippen LogP contribution in [0.4, 0.5) is 0 Å². The molecule has 8 heteroatoms. The van der Waals surface area contributed by atoms with E-state index in [0.717, 1.165) is 36.1 Å². The normalized spacial score (nSPS) is 20.8. The van der Waals surface area contributed by atoms with Crippen LogP contribution in [0.25, 0.3) is 11.4 Å². The third-order valence-electron chi connectivity index (χ3n) is 6.12. The van der Waals surface area contributed by atoms with Gasteiger partial charge < -0.3 is 14.3 Å². The highest BCUT2D eigenvalue weighted by Gasteiger charge is 2.46. The molecule has 1 N–H and O–H groups in total. The molecule has 0 aromatic carbocycles. The number of nitrogens with one attached hydrogen (secondary N) is 1. The number of nitrogens with zero attached hydrogens (tertiary/aromatic N) is 4. The summed E-state index contributed by atoms with van der Waals surface area (Å²) in [4.78, 5) is 43.6. The Morgan fingerprint density at radius 3 is 3.00 bits per heavy atom. The van der Waals surface area contributed by atoms with Gasteiger partial charge in [0.25, 0.3) is 11.5 Å². The molecule has 0 bridgehead atoms. The lowest BCUT2D eigenvalue weighted by molar-refractivity contribution is 0.0626. The first kappa shape index (κ1) is 17.8. The van der Waals surface area contributed by atoms with E-state index in [2.05, 4.69) is 15.0 Å². The summed E-state index contributed by atoms with van der Waals surface area (Å²) in [6, 6.07) is 3.70. The maximum atomic E-state index is 13.0. The third-order valence-corrected chi connectivity index (χ3v) is 6.12. The number of amides is 1. The van der Waals surface area contributed by atoms with Crippen LogP contribution >= 0.6 is 0 Å². The summed E-state index contributed by atoms with van der Waals surface area (Å²) < 4.78 is 5.21. The second-order valence-electron chi connectivity index (χ2n) is 7.85. The Hall–Kier alpha value is -3.29. The van der Waals surface area contributed by atoms with Crippen LogP contribution in [0.2, 0.25) is 0 Å². The molecular weight excluding hydrogens is 370 g/mol. The maximum absolute atomic E-state index is 13.0. The molecule has 4 heterocycles. The van der Waals surface area contributed by atoms with E-state index in [9.17, 15) is 9.59 Å². The molecule has 5 rings (SSSR count). The number of pyridine rings is 1. The number of H-pyrrole nitrogens is 1. The summed E-state index contributed by atoms with van der Waals surface area (Å²) in [5.74, 6) is 0.926. The van der Waals surface area contributed by atoms with E-state index < -0.39 is 0 Å². The fourth-order valence-corrected chi connectivity index (χ4v) is 4.65. The number of aromatic amines is 1. The Bertz CT molecular complexity index is 1140. The number of oxazole rings is 1. The first-order chi connectivity index (χ1) is 14.1. The Morgan fingerprint density at radius 2 is 2.24 bits per heavy atom. The van der Waals surface area contributed by atoms with Crippen LogP contribution in [0.3, 0.4) is 0 Å². The Balaban J connectivity index is 1.53. The molecule has 1 aliphatic carbocycles. The third kappa shape index (κ3) is 2.86. The van der Waals surface area contributed by atoms with Crippen molar-refractivity contribution in [2.45, 2.75) is 38.0 Å². The molecule has 29 heavy (non-hydrogen) atoms. The van der Waals surface area contributed by atoms with Crippen LogP contribution in [-0.2, 0) is 11.8 Å². The molecule has 1 spiro atoms. The summed E-state index contributed by atoms with van der Waals surface area (Å²) >= 11 is 0. The van der Waals surface area contributed by atoms with Gasteiger partial charge in [0.1, 0.15) is 11.6 Å². The van der Waals surface area contributed by atoms with Gasteiger partial charge in [-0.25, -0.2) is 9.97 Å². The van der Waals surface area contributed by atoms with Crippen LogP contribution in [0.5, 0.6) is 0 Å². The summed E-state index contributed by atoms with van der Waals surface area (Å²) in [5.41, 5.74) is 2.30. The fourth-order valence-electron chi connectivity index (χ4n) is 4.65. The van der Waals surface area contributed by atoms with Crippen molar-refractivity contribution in [2.75, 3.05) is 13.1 Å². The molecule has 1 unspecified atom stereocenters. The van der Waals surface area contributed by atoms with Gasteiger partial charge in [-0.2, -0.15) is 0 Å². The molecule has 1 saturated heterocycles. The van der Waals surface area contributed by atoms with Crippen molar-refractivity contribution in [1.82, 2.24) is 24.8 Å². The maximum Gasteiger partial charge on any atom is 0.276 e. The predicted octanol–water partition coefficient (Wildman–Crippen LogP) is 2.25. The standard InChI is InChI=1S/C21H21N5O3/c1-13-16(23-12-29-13)20(28)26-9-3-6-21(11-26)7-5-15-17(21)24-18(25-19(15)27)14-4-2-8-22-10-14/h2,4,8,10,12H,3,5-7,9,11H2,1H3,(H,24,25,27). The van der Waals surface area contributed by atoms with Gasteiger partial charge in [0.15, 0.2) is 12.1 Å². The number of aryl methyl sites for hydroxylation is 1. The monoisotopic (exact) mass is 391 g/mol. The van der Waals surface area contributed by atoms with E-state index in [0.29, 0.717) is 36.8 Å². The largest absolute Gasteiger partial charge is 0.448 e. The van der Waals surface area contributed by atoms with E-state index in [1.807, 2.05) is 17.0 Å². The smallest absolute Gasteiger partial charge is 0.276 e. The minimum atomic E-state index is -0.300. The molecular formula is C21H21N5O3. The molecule has 3 aromatic heterocycles. The molecule has 2 aliphatic rings. The van der Waals surface area contributed by atoms with E-state index in [-0.39, 0.29) is 16.9 Å². The SMILES string of the molecule is Cc1ocnc1C(=O)N1CCCC2(CCc3c2nc(-c2cccnc2)[nH]c3=O)C1. The number of piperidine rings is 1. The zero-order valence-corrected chi connectivity index (χ0v) is 16.1. The van der Waals surface area contributed by atoms with Gasteiger partial charge in [0.2, 0.25) is 0 Å². The topological polar surface area (TPSA) is 105 Å². The van der Waals surface area contributed by atoms with Crippen molar-refractivity contribution < 1.29 is 9.21 Å². The Morgan fingerprint density at radius 1 is 1.34 bits per heavy atom. The van der Waals surface area contributed by atoms with Crippen molar-refractivity contribution in [3.8, 4) is 11.4 Å². The van der Waals surface area contributed by atoms with Crippen LogP contribution in [0, 0.1) is 6.92 Å². The van der Waals surface area contributed by atoms with E-state index in [1.54, 1.807) is 19.3 Å². The molecule has 1 atom stereocenters. The Kier molecular flexibility index (Phi) is 4.08. The van der Waals surface area contributed by atoms with Crippen molar-refractivity contribution in [2.24, 2.45) is 0 Å². The average molecular weight is 391 g/mol. The van der Waals surface area contributed by atoms with Crippen molar-refractivity contribution in [3.05, 3.63) is 64.0 Å². The first-order valence-electron chi connectivity index (χ1n) is 9.81. The van der Waals surface area contributed by atoms with Crippen LogP contribution in [-0.4, -0.2) is 43.8 Å². The molecule has 1 amide bonds. The van der Waals surface area contributed by atoms with Crippen molar-refractivity contribution >= 4 is 5.91 Å². The van der Waals surface area contributed by atoms with Crippen LogP contribution in [0.15, 0.2) is 40.1 Å². The minimum absolute atomic E-state index is 0.0958. The predicted molar refractivity (Wildman–Crippen MR) is 104 cm³/mol. The number of hydrogen-bond donors (Lipinski definition) is 1. The van der Waals surface area contributed by atoms with Gasteiger partial charge in [0, 0.05) is 42.0 Å². The first-order valence-corrected chi connectivity index (χ1v) is 9.81. The summed E-state index contributed by atoms with van der Waals surface area (Å²) in [6.07, 6.45) is 7.94. The second-order valence-corrected chi connectivity index (χ2v) is 7.85. The Labute approximate surface area is 167 Å². The quantitative estimate of drug-likeness (QED) is 0.718. The van der Waals surface area contributed by atoms with Crippen LogP contribution < -0.4 is 5.56 Å². The highest BCUT2D eigenvalue weighted by molar-refractivity contribution is 5.93. The zero-order valence-electron chi connectivity index (χ0n) is 16.1. The number of aromatic nitrogens is 4. The minimum Gasteiger partial charge on any atom is -0.448 e. The lowest BCUT2D eigenvalue weighted by Crippen LogP contribution is -2.48. The highest BCUT2D eigenvalue weighted by atomic mass is 16.3. The van der Waals surface area contributed by atoms with Gasteiger partial charge in [-0.15, -0.1) is 0 Å².